The third-order valence-corrected chi connectivity index (χ3v) is 4.74. The van der Waals surface area contributed by atoms with E-state index in [4.69, 9.17) is 5.73 Å². The van der Waals surface area contributed by atoms with Crippen molar-refractivity contribution >= 4 is 0 Å². The maximum atomic E-state index is 6.53. The van der Waals surface area contributed by atoms with Gasteiger partial charge in [0.15, 0.2) is 0 Å². The summed E-state index contributed by atoms with van der Waals surface area (Å²) in [5.74, 6) is 1.01. The molecule has 0 bridgehead atoms. The van der Waals surface area contributed by atoms with Crippen LogP contribution >= 0.6 is 0 Å². The van der Waals surface area contributed by atoms with Crippen LogP contribution in [-0.2, 0) is 13.0 Å². The lowest BCUT2D eigenvalue weighted by molar-refractivity contribution is 0.0986. The Labute approximate surface area is 116 Å². The Morgan fingerprint density at radius 3 is 2.63 bits per heavy atom. The van der Waals surface area contributed by atoms with Gasteiger partial charge in [-0.25, -0.2) is 4.98 Å². The van der Waals surface area contributed by atoms with Crippen LogP contribution in [0.15, 0.2) is 6.33 Å². The number of hydrogen-bond acceptors (Lipinski definition) is 4. The van der Waals surface area contributed by atoms with Crippen molar-refractivity contribution in [2.45, 2.75) is 64.6 Å². The van der Waals surface area contributed by atoms with Crippen LogP contribution in [0.3, 0.4) is 0 Å². The Kier molecular flexibility index (Phi) is 4.58. The van der Waals surface area contributed by atoms with Crippen molar-refractivity contribution in [1.82, 2.24) is 19.7 Å². The van der Waals surface area contributed by atoms with Crippen molar-refractivity contribution in [3.05, 3.63) is 12.2 Å². The number of rotatable bonds is 6. The van der Waals surface area contributed by atoms with Crippen LogP contribution in [0.5, 0.6) is 0 Å². The Morgan fingerprint density at radius 2 is 2.05 bits per heavy atom. The average molecular weight is 265 g/mol. The monoisotopic (exact) mass is 265 g/mol. The first kappa shape index (κ1) is 14.5. The van der Waals surface area contributed by atoms with E-state index in [-0.39, 0.29) is 11.6 Å². The van der Waals surface area contributed by atoms with Crippen molar-refractivity contribution in [2.24, 2.45) is 5.73 Å². The highest BCUT2D eigenvalue weighted by Crippen LogP contribution is 2.28. The standard InChI is InChI=1S/C14H27N5/c1-4-14(3,18-8-6-7-9-18)12(15)10-13-16-11-17-19(13)5-2/h11-12H,4-10,15H2,1-3H3. The molecule has 0 amide bonds. The molecule has 19 heavy (non-hydrogen) atoms. The van der Waals surface area contributed by atoms with Gasteiger partial charge in [-0.2, -0.15) is 5.10 Å². The van der Waals surface area contributed by atoms with Crippen LogP contribution in [0.4, 0.5) is 0 Å². The van der Waals surface area contributed by atoms with Gasteiger partial charge in [0.25, 0.3) is 0 Å². The molecule has 1 aliphatic heterocycles. The molecule has 0 saturated carbocycles. The van der Waals surface area contributed by atoms with Gasteiger partial charge < -0.3 is 5.73 Å². The van der Waals surface area contributed by atoms with E-state index >= 15 is 0 Å². The van der Waals surface area contributed by atoms with E-state index < -0.39 is 0 Å². The third kappa shape index (κ3) is 2.82. The quantitative estimate of drug-likeness (QED) is 0.845. The fourth-order valence-corrected chi connectivity index (χ4v) is 3.08. The molecular formula is C14H27N5. The minimum atomic E-state index is 0.0705. The fourth-order valence-electron chi connectivity index (χ4n) is 3.08. The highest BCUT2D eigenvalue weighted by atomic mass is 15.3. The molecule has 5 heteroatoms. The van der Waals surface area contributed by atoms with Crippen molar-refractivity contribution in [3.8, 4) is 0 Å². The number of nitrogens with zero attached hydrogens (tertiary/aromatic N) is 4. The summed E-state index contributed by atoms with van der Waals surface area (Å²) in [5.41, 5.74) is 6.61. The number of nitrogens with two attached hydrogens (primary N) is 1. The van der Waals surface area contributed by atoms with Gasteiger partial charge in [-0.1, -0.05) is 6.92 Å². The predicted octanol–water partition coefficient (Wildman–Crippen LogP) is 1.43. The van der Waals surface area contributed by atoms with E-state index in [1.165, 1.54) is 25.9 Å². The van der Waals surface area contributed by atoms with Crippen LogP contribution in [0, 0.1) is 0 Å². The SMILES string of the molecule is CCn1ncnc1CC(N)C(C)(CC)N1CCCC1. The zero-order chi connectivity index (χ0) is 13.9. The first-order chi connectivity index (χ1) is 9.11. The molecule has 1 aromatic heterocycles. The molecule has 2 atom stereocenters. The largest absolute Gasteiger partial charge is 0.326 e. The summed E-state index contributed by atoms with van der Waals surface area (Å²) in [7, 11) is 0. The lowest BCUT2D eigenvalue weighted by Gasteiger charge is -2.42. The fraction of sp³-hybridized carbons (Fsp3) is 0.857. The second kappa shape index (κ2) is 6.01. The predicted molar refractivity (Wildman–Crippen MR) is 76.9 cm³/mol. The summed E-state index contributed by atoms with van der Waals surface area (Å²) in [6.45, 7) is 9.84. The second-order valence-corrected chi connectivity index (χ2v) is 5.71. The molecule has 1 aliphatic rings. The molecule has 2 N–H and O–H groups in total. The second-order valence-electron chi connectivity index (χ2n) is 5.71. The maximum Gasteiger partial charge on any atom is 0.138 e. The van der Waals surface area contributed by atoms with Crippen LogP contribution < -0.4 is 5.73 Å². The van der Waals surface area contributed by atoms with E-state index in [0.717, 1.165) is 25.2 Å². The lowest BCUT2D eigenvalue weighted by atomic mass is 9.86. The first-order valence-electron chi connectivity index (χ1n) is 7.49. The van der Waals surface area contributed by atoms with Gasteiger partial charge in [-0.15, -0.1) is 0 Å². The first-order valence-corrected chi connectivity index (χ1v) is 7.49. The summed E-state index contributed by atoms with van der Waals surface area (Å²) in [6.07, 6.45) is 6.11. The van der Waals surface area contributed by atoms with Crippen LogP contribution in [0.25, 0.3) is 0 Å². The summed E-state index contributed by atoms with van der Waals surface area (Å²) < 4.78 is 1.94. The lowest BCUT2D eigenvalue weighted by Crippen LogP contribution is -2.57. The average Bonchev–Trinajstić information content (AvgIpc) is 3.08. The molecular weight excluding hydrogens is 238 g/mol. The highest BCUT2D eigenvalue weighted by Gasteiger charge is 2.38. The van der Waals surface area contributed by atoms with Crippen LogP contribution in [-0.4, -0.2) is 44.3 Å². The summed E-state index contributed by atoms with van der Waals surface area (Å²) in [6, 6.07) is 0.102. The number of aromatic nitrogens is 3. The number of hydrogen-bond donors (Lipinski definition) is 1. The molecule has 0 radical (unpaired) electrons. The van der Waals surface area contributed by atoms with Crippen molar-refractivity contribution in [2.75, 3.05) is 13.1 Å². The molecule has 1 aromatic rings. The van der Waals surface area contributed by atoms with E-state index in [9.17, 15) is 0 Å². The summed E-state index contributed by atoms with van der Waals surface area (Å²) in [5, 5.41) is 4.23. The van der Waals surface area contributed by atoms with Crippen LogP contribution in [0.1, 0.15) is 45.9 Å². The van der Waals surface area contributed by atoms with Crippen molar-refractivity contribution in [3.63, 3.8) is 0 Å². The van der Waals surface area contributed by atoms with Crippen LogP contribution in [0.2, 0.25) is 0 Å². The molecule has 2 heterocycles. The Hall–Kier alpha value is -0.940. The van der Waals surface area contributed by atoms with Gasteiger partial charge in [0, 0.05) is 24.5 Å². The van der Waals surface area contributed by atoms with E-state index in [0.29, 0.717) is 0 Å². The molecule has 2 unspecified atom stereocenters. The summed E-state index contributed by atoms with van der Waals surface area (Å²) >= 11 is 0. The van der Waals surface area contributed by atoms with Gasteiger partial charge >= 0.3 is 0 Å². The minimum Gasteiger partial charge on any atom is -0.326 e. The van der Waals surface area contributed by atoms with Crippen molar-refractivity contribution in [1.29, 1.82) is 0 Å². The molecule has 0 spiro atoms. The van der Waals surface area contributed by atoms with E-state index in [2.05, 4.69) is 35.8 Å². The van der Waals surface area contributed by atoms with Gasteiger partial charge in [0.1, 0.15) is 12.2 Å². The molecule has 5 nitrogen and oxygen atoms in total. The minimum absolute atomic E-state index is 0.0705. The maximum absolute atomic E-state index is 6.53. The molecule has 0 aliphatic carbocycles. The summed E-state index contributed by atoms with van der Waals surface area (Å²) in [4.78, 5) is 6.91. The van der Waals surface area contributed by atoms with Gasteiger partial charge in [0.05, 0.1) is 0 Å². The molecule has 0 aromatic carbocycles. The normalized spacial score (nSPS) is 21.5. The van der Waals surface area contributed by atoms with Gasteiger partial charge in [0.2, 0.25) is 0 Å². The molecule has 1 fully saturated rings. The Balaban J connectivity index is 2.10. The van der Waals surface area contributed by atoms with E-state index in [1.807, 2.05) is 4.68 Å². The smallest absolute Gasteiger partial charge is 0.138 e. The number of likely N-dealkylation sites (tertiary alicyclic amines) is 1. The zero-order valence-corrected chi connectivity index (χ0v) is 12.5. The van der Waals surface area contributed by atoms with E-state index in [1.54, 1.807) is 6.33 Å². The topological polar surface area (TPSA) is 60.0 Å². The Morgan fingerprint density at radius 1 is 1.37 bits per heavy atom. The van der Waals surface area contributed by atoms with Crippen molar-refractivity contribution < 1.29 is 0 Å². The number of aryl methyl sites for hydroxylation is 1. The molecule has 2 rings (SSSR count). The molecule has 108 valence electrons. The third-order valence-electron chi connectivity index (χ3n) is 4.74. The Bertz CT molecular complexity index is 396. The zero-order valence-electron chi connectivity index (χ0n) is 12.5. The van der Waals surface area contributed by atoms with Gasteiger partial charge in [-0.05, 0) is 46.2 Å². The van der Waals surface area contributed by atoms with Gasteiger partial charge in [-0.3, -0.25) is 9.58 Å². The highest BCUT2D eigenvalue weighted by molar-refractivity contribution is 5.01. The molecule has 1 saturated heterocycles.